The van der Waals surface area contributed by atoms with Gasteiger partial charge in [0.05, 0.1) is 4.92 Å². The number of carbonyl (C=O) groups excluding carboxylic acids is 1. The van der Waals surface area contributed by atoms with Crippen LogP contribution in [0.4, 0.5) is 5.69 Å². The first kappa shape index (κ1) is 18.6. The molecule has 132 valence electrons. The smallest absolute Gasteiger partial charge is 0.269 e. The maximum Gasteiger partial charge on any atom is 0.269 e. The number of benzene rings is 2. The Kier molecular flexibility index (Phi) is 6.25. The van der Waals surface area contributed by atoms with Gasteiger partial charge in [0, 0.05) is 37.2 Å². The lowest BCUT2D eigenvalue weighted by Crippen LogP contribution is -2.38. The van der Waals surface area contributed by atoms with E-state index in [-0.39, 0.29) is 30.1 Å². The molecule has 2 aromatic rings. The normalized spacial score (nSPS) is 12.0. The average molecular weight is 341 g/mol. The van der Waals surface area contributed by atoms with Crippen molar-refractivity contribution in [2.45, 2.75) is 38.9 Å². The van der Waals surface area contributed by atoms with E-state index in [4.69, 9.17) is 5.73 Å². The highest BCUT2D eigenvalue weighted by Crippen LogP contribution is 2.19. The molecule has 6 heteroatoms. The molecule has 1 unspecified atom stereocenters. The standard InChI is InChI=1S/C19H23N3O3/c1-14(2)21(13-15-8-10-17(11-9-15)22(24)25)19(23)12-18(20)16-6-4-3-5-7-16/h3-11,14,18H,12-13,20H2,1-2H3. The maximum atomic E-state index is 12.7. The molecule has 2 aromatic carbocycles. The van der Waals surface area contributed by atoms with E-state index in [1.54, 1.807) is 17.0 Å². The Balaban J connectivity index is 2.06. The van der Waals surface area contributed by atoms with Gasteiger partial charge in [-0.15, -0.1) is 0 Å². The number of nitrogens with zero attached hydrogens (tertiary/aromatic N) is 2. The number of hydrogen-bond acceptors (Lipinski definition) is 4. The summed E-state index contributed by atoms with van der Waals surface area (Å²) in [5, 5.41) is 10.7. The molecule has 25 heavy (non-hydrogen) atoms. The molecule has 0 spiro atoms. The molecule has 0 radical (unpaired) electrons. The third kappa shape index (κ3) is 5.12. The van der Waals surface area contributed by atoms with Gasteiger partial charge in [0.15, 0.2) is 0 Å². The summed E-state index contributed by atoms with van der Waals surface area (Å²) in [7, 11) is 0. The van der Waals surface area contributed by atoms with Gasteiger partial charge >= 0.3 is 0 Å². The first-order chi connectivity index (χ1) is 11.9. The Hall–Kier alpha value is -2.73. The summed E-state index contributed by atoms with van der Waals surface area (Å²) >= 11 is 0. The van der Waals surface area contributed by atoms with Crippen molar-refractivity contribution in [2.75, 3.05) is 0 Å². The highest BCUT2D eigenvalue weighted by atomic mass is 16.6. The van der Waals surface area contributed by atoms with E-state index >= 15 is 0 Å². The lowest BCUT2D eigenvalue weighted by atomic mass is 10.0. The zero-order valence-electron chi connectivity index (χ0n) is 14.5. The highest BCUT2D eigenvalue weighted by molar-refractivity contribution is 5.77. The predicted molar refractivity (Wildman–Crippen MR) is 96.8 cm³/mol. The number of nitro groups is 1. The summed E-state index contributed by atoms with van der Waals surface area (Å²) in [5.41, 5.74) is 7.97. The second-order valence-corrected chi connectivity index (χ2v) is 6.26. The number of carbonyl (C=O) groups is 1. The predicted octanol–water partition coefficient (Wildman–Crippen LogP) is 3.42. The lowest BCUT2D eigenvalue weighted by Gasteiger charge is -2.28. The van der Waals surface area contributed by atoms with Crippen molar-refractivity contribution in [2.24, 2.45) is 5.73 Å². The van der Waals surface area contributed by atoms with Crippen LogP contribution in [0.2, 0.25) is 0 Å². The quantitative estimate of drug-likeness (QED) is 0.617. The molecule has 0 saturated carbocycles. The summed E-state index contributed by atoms with van der Waals surface area (Å²) < 4.78 is 0. The molecular formula is C19H23N3O3. The van der Waals surface area contributed by atoms with Gasteiger partial charge in [-0.3, -0.25) is 14.9 Å². The van der Waals surface area contributed by atoms with Crippen LogP contribution in [0.5, 0.6) is 0 Å². The fourth-order valence-corrected chi connectivity index (χ4v) is 2.60. The summed E-state index contributed by atoms with van der Waals surface area (Å²) in [4.78, 5) is 24.7. The summed E-state index contributed by atoms with van der Waals surface area (Å²) in [6.45, 7) is 4.28. The van der Waals surface area contributed by atoms with Crippen molar-refractivity contribution in [1.82, 2.24) is 4.90 Å². The van der Waals surface area contributed by atoms with E-state index < -0.39 is 4.92 Å². The van der Waals surface area contributed by atoms with Crippen LogP contribution in [0.25, 0.3) is 0 Å². The van der Waals surface area contributed by atoms with Crippen molar-refractivity contribution in [3.63, 3.8) is 0 Å². The van der Waals surface area contributed by atoms with Gasteiger partial charge < -0.3 is 10.6 Å². The highest BCUT2D eigenvalue weighted by Gasteiger charge is 2.21. The fourth-order valence-electron chi connectivity index (χ4n) is 2.60. The molecule has 0 saturated heterocycles. The van der Waals surface area contributed by atoms with Gasteiger partial charge in [0.1, 0.15) is 0 Å². The minimum Gasteiger partial charge on any atom is -0.336 e. The van der Waals surface area contributed by atoms with E-state index in [2.05, 4.69) is 0 Å². The van der Waals surface area contributed by atoms with Crippen LogP contribution in [-0.2, 0) is 11.3 Å². The Bertz CT molecular complexity index is 714. The van der Waals surface area contributed by atoms with Crippen molar-refractivity contribution in [1.29, 1.82) is 0 Å². The van der Waals surface area contributed by atoms with Crippen LogP contribution < -0.4 is 5.73 Å². The molecule has 0 fully saturated rings. The molecule has 2 rings (SSSR count). The van der Waals surface area contributed by atoms with E-state index in [0.29, 0.717) is 6.54 Å². The van der Waals surface area contributed by atoms with Crippen LogP contribution in [0.15, 0.2) is 54.6 Å². The topological polar surface area (TPSA) is 89.5 Å². The summed E-state index contributed by atoms with van der Waals surface area (Å²) in [6, 6.07) is 15.4. The Morgan fingerprint density at radius 1 is 1.12 bits per heavy atom. The number of rotatable bonds is 7. The Morgan fingerprint density at radius 2 is 1.72 bits per heavy atom. The van der Waals surface area contributed by atoms with Crippen LogP contribution in [0.1, 0.15) is 37.4 Å². The lowest BCUT2D eigenvalue weighted by molar-refractivity contribution is -0.384. The van der Waals surface area contributed by atoms with E-state index in [1.807, 2.05) is 44.2 Å². The van der Waals surface area contributed by atoms with Crippen LogP contribution >= 0.6 is 0 Å². The number of nitrogens with two attached hydrogens (primary N) is 1. The van der Waals surface area contributed by atoms with Gasteiger partial charge in [-0.2, -0.15) is 0 Å². The molecule has 0 aliphatic heterocycles. The third-order valence-electron chi connectivity index (χ3n) is 4.07. The number of hydrogen-bond donors (Lipinski definition) is 1. The Morgan fingerprint density at radius 3 is 2.24 bits per heavy atom. The van der Waals surface area contributed by atoms with Crippen LogP contribution in [0.3, 0.4) is 0 Å². The first-order valence-corrected chi connectivity index (χ1v) is 8.22. The van der Waals surface area contributed by atoms with Crippen molar-refractivity contribution >= 4 is 11.6 Å². The molecular weight excluding hydrogens is 318 g/mol. The number of non-ortho nitro benzene ring substituents is 1. The molecule has 0 aliphatic carbocycles. The molecule has 1 amide bonds. The monoisotopic (exact) mass is 341 g/mol. The third-order valence-corrected chi connectivity index (χ3v) is 4.07. The van der Waals surface area contributed by atoms with E-state index in [1.165, 1.54) is 12.1 Å². The second-order valence-electron chi connectivity index (χ2n) is 6.26. The van der Waals surface area contributed by atoms with Gasteiger partial charge in [-0.1, -0.05) is 42.5 Å². The molecule has 6 nitrogen and oxygen atoms in total. The SMILES string of the molecule is CC(C)N(Cc1ccc([N+](=O)[O-])cc1)C(=O)CC(N)c1ccccc1. The minimum atomic E-state index is -0.436. The largest absolute Gasteiger partial charge is 0.336 e. The fraction of sp³-hybridized carbons (Fsp3) is 0.316. The van der Waals surface area contributed by atoms with E-state index in [9.17, 15) is 14.9 Å². The molecule has 2 N–H and O–H groups in total. The van der Waals surface area contributed by atoms with Gasteiger partial charge in [0.25, 0.3) is 5.69 Å². The Labute approximate surface area is 147 Å². The molecule has 0 aromatic heterocycles. The van der Waals surface area contributed by atoms with Gasteiger partial charge in [-0.05, 0) is 25.0 Å². The molecule has 1 atom stereocenters. The maximum absolute atomic E-state index is 12.7. The number of nitro benzene ring substituents is 1. The van der Waals surface area contributed by atoms with Crippen LogP contribution in [-0.4, -0.2) is 21.8 Å². The van der Waals surface area contributed by atoms with Gasteiger partial charge in [-0.25, -0.2) is 0 Å². The zero-order chi connectivity index (χ0) is 18.4. The van der Waals surface area contributed by atoms with Gasteiger partial charge in [0.2, 0.25) is 5.91 Å². The summed E-state index contributed by atoms with van der Waals surface area (Å²) in [5.74, 6) is -0.0373. The average Bonchev–Trinajstić information content (AvgIpc) is 2.60. The van der Waals surface area contributed by atoms with Crippen molar-refractivity contribution < 1.29 is 9.72 Å². The summed E-state index contributed by atoms with van der Waals surface area (Å²) in [6.07, 6.45) is 0.217. The minimum absolute atomic E-state index is 0.00525. The van der Waals surface area contributed by atoms with Crippen molar-refractivity contribution in [3.05, 3.63) is 75.8 Å². The molecule has 0 aliphatic rings. The van der Waals surface area contributed by atoms with Crippen molar-refractivity contribution in [3.8, 4) is 0 Å². The number of amides is 1. The molecule has 0 heterocycles. The zero-order valence-corrected chi connectivity index (χ0v) is 14.5. The molecule has 0 bridgehead atoms. The van der Waals surface area contributed by atoms with E-state index in [0.717, 1.165) is 11.1 Å². The first-order valence-electron chi connectivity index (χ1n) is 8.22. The van der Waals surface area contributed by atoms with Crippen LogP contribution in [0, 0.1) is 10.1 Å². The second kappa shape index (κ2) is 8.39.